The van der Waals surface area contributed by atoms with Gasteiger partial charge in [0.15, 0.2) is 0 Å². The lowest BCUT2D eigenvalue weighted by Gasteiger charge is -2.21. The van der Waals surface area contributed by atoms with Crippen LogP contribution in [0.15, 0.2) is 0 Å². The highest BCUT2D eigenvalue weighted by molar-refractivity contribution is 8.71. The Morgan fingerprint density at radius 3 is 1.19 bits per heavy atom. The Bertz CT molecular complexity index is 306. The molecule has 0 aliphatic rings. The van der Waals surface area contributed by atoms with Crippen LogP contribution in [0.4, 0.5) is 0 Å². The van der Waals surface area contributed by atoms with Crippen molar-refractivity contribution in [2.24, 2.45) is 0 Å². The van der Waals surface area contributed by atoms with E-state index in [0.29, 0.717) is 26.4 Å². The highest BCUT2D eigenvalue weighted by Gasteiger charge is 2.20. The molecule has 11 heteroatoms. The molecule has 128 valence electrons. The van der Waals surface area contributed by atoms with Crippen molar-refractivity contribution >= 4 is 69.5 Å². The number of hydrogen-bond donors (Lipinski definition) is 0. The fraction of sp³-hybridized carbons (Fsp3) is 1.00. The first-order valence-electron chi connectivity index (χ1n) is 6.60. The molecule has 4 nitrogen and oxygen atoms in total. The summed E-state index contributed by atoms with van der Waals surface area (Å²) in [5, 5.41) is 1.63. The predicted octanol–water partition coefficient (Wildman–Crippen LogP) is 5.70. The molecule has 0 bridgehead atoms. The summed E-state index contributed by atoms with van der Waals surface area (Å²) in [6.07, 6.45) is 0. The highest BCUT2D eigenvalue weighted by atomic mass is 32.9. The fourth-order valence-electron chi connectivity index (χ4n) is 1.09. The van der Waals surface area contributed by atoms with Crippen molar-refractivity contribution in [1.82, 2.24) is 0 Å². The molecule has 0 heterocycles. The smallest absolute Gasteiger partial charge is 0.248 e. The van der Waals surface area contributed by atoms with E-state index < -0.39 is 11.4 Å². The molecule has 0 aliphatic heterocycles. The molecule has 0 amide bonds. The number of thioether (sulfide) groups is 1. The summed E-state index contributed by atoms with van der Waals surface area (Å²) >= 11 is 15.8. The van der Waals surface area contributed by atoms with Crippen LogP contribution in [-0.4, -0.2) is 36.6 Å². The van der Waals surface area contributed by atoms with Crippen molar-refractivity contribution in [2.75, 3.05) is 36.6 Å². The molecule has 0 aromatic rings. The third-order valence-electron chi connectivity index (χ3n) is 1.74. The monoisotopic (exact) mass is 430 g/mol. The van der Waals surface area contributed by atoms with Crippen molar-refractivity contribution < 1.29 is 18.1 Å². The summed E-state index contributed by atoms with van der Waals surface area (Å²) in [5.41, 5.74) is -4.37. The zero-order valence-electron chi connectivity index (χ0n) is 12.8. The Hall–Kier alpha value is 2.19. The minimum atomic E-state index is -2.19. The Morgan fingerprint density at radius 1 is 0.667 bits per heavy atom. The molecule has 0 unspecified atom stereocenters. The first-order valence-corrected chi connectivity index (χ1v) is 16.2. The lowest BCUT2D eigenvalue weighted by molar-refractivity contribution is 0.280. The van der Waals surface area contributed by atoms with Gasteiger partial charge in [0.25, 0.3) is 0 Å². The van der Waals surface area contributed by atoms with E-state index in [0.717, 1.165) is 10.2 Å². The molecule has 21 heavy (non-hydrogen) atoms. The molecule has 0 atom stereocenters. The zero-order valence-corrected chi connectivity index (χ0v) is 18.7. The number of hydrogen-bond acceptors (Lipinski definition) is 9. The molecule has 0 aliphatic carbocycles. The van der Waals surface area contributed by atoms with Gasteiger partial charge in [-0.3, -0.25) is 0 Å². The maximum atomic E-state index is 5.58. The van der Waals surface area contributed by atoms with Gasteiger partial charge in [0.2, 0.25) is 11.4 Å². The molecule has 0 aromatic heterocycles. The average molecular weight is 431 g/mol. The van der Waals surface area contributed by atoms with E-state index in [-0.39, 0.29) is 0 Å². The maximum Gasteiger partial charge on any atom is 0.248 e. The van der Waals surface area contributed by atoms with Crippen LogP contribution in [0.5, 0.6) is 0 Å². The van der Waals surface area contributed by atoms with E-state index in [1.165, 1.54) is 0 Å². The number of rotatable bonds is 14. The van der Waals surface area contributed by atoms with Crippen molar-refractivity contribution in [3.63, 3.8) is 0 Å². The van der Waals surface area contributed by atoms with E-state index in [2.05, 4.69) is 0 Å². The van der Waals surface area contributed by atoms with Gasteiger partial charge in [-0.1, -0.05) is 22.8 Å². The van der Waals surface area contributed by atoms with Gasteiger partial charge in [-0.05, 0) is 51.3 Å². The van der Waals surface area contributed by atoms with Gasteiger partial charge in [0.05, 0.1) is 26.4 Å². The van der Waals surface area contributed by atoms with Gasteiger partial charge in [0, 0.05) is 10.2 Å². The zero-order chi connectivity index (χ0) is 16.2. The fourth-order valence-corrected chi connectivity index (χ4v) is 14.7. The third-order valence-corrected chi connectivity index (χ3v) is 15.1. The largest absolute Gasteiger partial charge is 0.322 e. The van der Waals surface area contributed by atoms with Gasteiger partial charge in [0.1, 0.15) is 0 Å². The molecular weight excluding hydrogens is 406 g/mol. The van der Waals surface area contributed by atoms with Crippen LogP contribution in [0.25, 0.3) is 0 Å². The average Bonchev–Trinajstić information content (AvgIpc) is 2.39. The molecule has 0 spiro atoms. The van der Waals surface area contributed by atoms with Crippen LogP contribution in [-0.2, 0) is 41.7 Å². The Morgan fingerprint density at radius 2 is 0.952 bits per heavy atom. The summed E-state index contributed by atoms with van der Waals surface area (Å²) < 4.78 is 22.3. The normalized spacial score (nSPS) is 12.8. The highest BCUT2D eigenvalue weighted by Crippen LogP contribution is 2.64. The van der Waals surface area contributed by atoms with Gasteiger partial charge in [-0.15, -0.1) is 11.8 Å². The Kier molecular flexibility index (Phi) is 14.9. The minimum Gasteiger partial charge on any atom is -0.322 e. The van der Waals surface area contributed by atoms with Crippen molar-refractivity contribution in [3.05, 3.63) is 0 Å². The van der Waals surface area contributed by atoms with E-state index >= 15 is 0 Å². The van der Waals surface area contributed by atoms with Gasteiger partial charge in [-0.2, -0.15) is 0 Å². The molecule has 0 saturated carbocycles. The van der Waals surface area contributed by atoms with Crippen LogP contribution >= 0.6 is 45.9 Å². The standard InChI is InChI=1S/C10H24O4P2S5/c1-5-11-15(17,12-6-2)20-9-19-10-21-16(18,13-7-3)14-8-4/h5-10H2,1-4H3. The summed E-state index contributed by atoms with van der Waals surface area (Å²) in [4.78, 5) is 0. The topological polar surface area (TPSA) is 36.9 Å². The lowest BCUT2D eigenvalue weighted by atomic mass is 10.9. The lowest BCUT2D eigenvalue weighted by Crippen LogP contribution is -1.93. The third kappa shape index (κ3) is 11.4. The Labute approximate surface area is 151 Å². The van der Waals surface area contributed by atoms with Crippen LogP contribution in [0.2, 0.25) is 0 Å². The first-order chi connectivity index (χ1) is 9.95. The second-order valence-electron chi connectivity index (χ2n) is 3.26. The molecule has 0 N–H and O–H groups in total. The van der Waals surface area contributed by atoms with Crippen LogP contribution in [0.1, 0.15) is 27.7 Å². The molecule has 0 radical (unpaired) electrons. The molecule has 0 aromatic carbocycles. The van der Waals surface area contributed by atoms with Gasteiger partial charge in [-0.25, -0.2) is 0 Å². The van der Waals surface area contributed by atoms with Crippen LogP contribution < -0.4 is 0 Å². The summed E-state index contributed by atoms with van der Waals surface area (Å²) in [6, 6.07) is 0. The van der Waals surface area contributed by atoms with E-state index in [4.69, 9.17) is 41.7 Å². The molecule has 0 fully saturated rings. The van der Waals surface area contributed by atoms with Crippen molar-refractivity contribution in [1.29, 1.82) is 0 Å². The van der Waals surface area contributed by atoms with E-state index in [1.807, 2.05) is 27.7 Å². The summed E-state index contributed by atoms with van der Waals surface area (Å²) in [7, 11) is 0. The van der Waals surface area contributed by atoms with Gasteiger partial charge >= 0.3 is 0 Å². The minimum absolute atomic E-state index is 0.583. The molecule has 0 rings (SSSR count). The quantitative estimate of drug-likeness (QED) is 0.196. The SMILES string of the molecule is CCOP(=S)(OCC)SCSCSP(=S)(OCC)OCC. The van der Waals surface area contributed by atoms with Crippen LogP contribution in [0, 0.1) is 0 Å². The Balaban J connectivity index is 4.07. The molecular formula is C10H24O4P2S5. The van der Waals surface area contributed by atoms with Crippen LogP contribution in [0.3, 0.4) is 0 Å². The first kappa shape index (κ1) is 23.2. The van der Waals surface area contributed by atoms with E-state index in [1.54, 1.807) is 34.5 Å². The van der Waals surface area contributed by atoms with E-state index in [9.17, 15) is 0 Å². The predicted molar refractivity (Wildman–Crippen MR) is 108 cm³/mol. The second-order valence-corrected chi connectivity index (χ2v) is 17.6. The molecule has 0 saturated heterocycles. The second kappa shape index (κ2) is 13.5. The summed E-state index contributed by atoms with van der Waals surface area (Å²) in [6.45, 7) is 10.1. The van der Waals surface area contributed by atoms with Crippen molar-refractivity contribution in [2.45, 2.75) is 27.7 Å². The maximum absolute atomic E-state index is 5.58. The summed E-state index contributed by atoms with van der Waals surface area (Å²) in [5.74, 6) is 0. The van der Waals surface area contributed by atoms with Crippen molar-refractivity contribution in [3.8, 4) is 0 Å². The van der Waals surface area contributed by atoms with Gasteiger partial charge < -0.3 is 18.1 Å².